The van der Waals surface area contributed by atoms with Gasteiger partial charge in [0.25, 0.3) is 5.56 Å². The number of H-pyrrole nitrogens is 1. The molecule has 0 spiro atoms. The van der Waals surface area contributed by atoms with Gasteiger partial charge in [-0.2, -0.15) is 5.21 Å². The first-order valence-electron chi connectivity index (χ1n) is 13.5. The number of aromatic amines is 1. The number of benzene rings is 2. The Hall–Kier alpha value is -4.60. The third-order valence-electron chi connectivity index (χ3n) is 6.65. The van der Waals surface area contributed by atoms with Crippen LogP contribution in [0, 0.1) is 0 Å². The van der Waals surface area contributed by atoms with Gasteiger partial charge in [0.15, 0.2) is 0 Å². The maximum Gasteiger partial charge on any atom is 0.277 e. The molecule has 2 aromatic carbocycles. The monoisotopic (exact) mass is 538 g/mol. The van der Waals surface area contributed by atoms with Gasteiger partial charge in [-0.05, 0) is 55.2 Å². The van der Waals surface area contributed by atoms with Crippen LogP contribution in [0.1, 0.15) is 51.9 Å². The molecular weight excluding hydrogens is 504 g/mol. The number of aryl methyl sites for hydroxylation is 1. The highest BCUT2D eigenvalue weighted by Gasteiger charge is 2.19. The van der Waals surface area contributed by atoms with Gasteiger partial charge in [0.05, 0.1) is 5.52 Å². The summed E-state index contributed by atoms with van der Waals surface area (Å²) < 4.78 is 3.47. The maximum absolute atomic E-state index is 13.6. The van der Waals surface area contributed by atoms with Crippen LogP contribution < -0.4 is 10.9 Å². The molecule has 3 aromatic heterocycles. The minimum absolute atomic E-state index is 0.0456. The van der Waals surface area contributed by atoms with Crippen LogP contribution in [0.25, 0.3) is 33.5 Å². The van der Waals surface area contributed by atoms with Crippen molar-refractivity contribution in [3.8, 4) is 22.5 Å². The number of carbonyl (C=O) groups is 1. The zero-order valence-electron chi connectivity index (χ0n) is 23.3. The first kappa shape index (κ1) is 27.0. The molecule has 0 aliphatic carbocycles. The fourth-order valence-electron chi connectivity index (χ4n) is 4.84. The van der Waals surface area contributed by atoms with Gasteiger partial charge in [0.2, 0.25) is 11.7 Å². The van der Waals surface area contributed by atoms with E-state index in [2.05, 4.69) is 57.1 Å². The third-order valence-corrected chi connectivity index (χ3v) is 6.65. The van der Waals surface area contributed by atoms with E-state index in [-0.39, 0.29) is 23.6 Å². The quantitative estimate of drug-likeness (QED) is 0.288. The molecule has 1 amide bonds. The Morgan fingerprint density at radius 3 is 2.45 bits per heavy atom. The van der Waals surface area contributed by atoms with Crippen LogP contribution in [0.2, 0.25) is 0 Å². The van der Waals surface area contributed by atoms with Crippen LogP contribution >= 0.6 is 0 Å². The zero-order valence-corrected chi connectivity index (χ0v) is 23.3. The summed E-state index contributed by atoms with van der Waals surface area (Å²) in [6.07, 6.45) is 4.42. The van der Waals surface area contributed by atoms with Gasteiger partial charge in [-0.25, -0.2) is 4.98 Å². The Labute approximate surface area is 232 Å². The van der Waals surface area contributed by atoms with Gasteiger partial charge in [0, 0.05) is 30.3 Å². The summed E-state index contributed by atoms with van der Waals surface area (Å²) in [5.41, 5.74) is 4.53. The van der Waals surface area contributed by atoms with Crippen LogP contribution in [-0.4, -0.2) is 46.2 Å². The van der Waals surface area contributed by atoms with Gasteiger partial charge in [-0.1, -0.05) is 61.9 Å². The number of hydrogen-bond donors (Lipinski definition) is 2. The van der Waals surface area contributed by atoms with E-state index in [1.54, 1.807) is 6.20 Å². The molecule has 0 saturated heterocycles. The fourth-order valence-corrected chi connectivity index (χ4v) is 4.84. The van der Waals surface area contributed by atoms with E-state index in [1.165, 1.54) is 4.57 Å². The highest BCUT2D eigenvalue weighted by atomic mass is 16.2. The van der Waals surface area contributed by atoms with Gasteiger partial charge in [-0.15, -0.1) is 10.2 Å². The fraction of sp³-hybridized carbons (Fsp3) is 0.333. The topological polar surface area (TPSA) is 123 Å². The molecule has 0 fully saturated rings. The lowest BCUT2D eigenvalue weighted by Crippen LogP contribution is -2.43. The van der Waals surface area contributed by atoms with E-state index in [1.807, 2.05) is 55.7 Å². The average molecular weight is 539 g/mol. The Kier molecular flexibility index (Phi) is 7.59. The lowest BCUT2D eigenvalue weighted by molar-refractivity contribution is -0.123. The van der Waals surface area contributed by atoms with Gasteiger partial charge >= 0.3 is 0 Å². The Balaban J connectivity index is 1.48. The molecule has 0 aliphatic heterocycles. The number of aromatic nitrogens is 7. The van der Waals surface area contributed by atoms with Crippen molar-refractivity contribution in [2.75, 3.05) is 0 Å². The first-order valence-corrected chi connectivity index (χ1v) is 13.5. The van der Waals surface area contributed by atoms with Crippen molar-refractivity contribution in [2.45, 2.75) is 65.6 Å². The Morgan fingerprint density at radius 1 is 1.02 bits per heavy atom. The maximum atomic E-state index is 13.6. The van der Waals surface area contributed by atoms with Crippen molar-refractivity contribution >= 4 is 16.9 Å². The molecule has 10 nitrogen and oxygen atoms in total. The number of tetrazole rings is 1. The van der Waals surface area contributed by atoms with Gasteiger partial charge in [0.1, 0.15) is 17.9 Å². The van der Waals surface area contributed by atoms with Crippen molar-refractivity contribution in [1.29, 1.82) is 0 Å². The van der Waals surface area contributed by atoms with Crippen molar-refractivity contribution in [1.82, 2.24) is 40.1 Å². The Morgan fingerprint density at radius 2 is 1.77 bits per heavy atom. The Bertz CT molecular complexity index is 1680. The minimum atomic E-state index is -0.377. The summed E-state index contributed by atoms with van der Waals surface area (Å²) >= 11 is 0. The molecular formula is C30H34N8O2. The van der Waals surface area contributed by atoms with Crippen molar-refractivity contribution in [3.05, 3.63) is 82.5 Å². The number of rotatable bonds is 9. The molecule has 0 aliphatic rings. The summed E-state index contributed by atoms with van der Waals surface area (Å²) in [4.78, 5) is 31.0. The summed E-state index contributed by atoms with van der Waals surface area (Å²) in [6.45, 7) is 8.34. The van der Waals surface area contributed by atoms with Gasteiger partial charge in [-0.3, -0.25) is 9.59 Å². The molecule has 5 aromatic rings. The van der Waals surface area contributed by atoms with E-state index in [4.69, 9.17) is 4.98 Å². The molecule has 5 rings (SSSR count). The third kappa shape index (κ3) is 5.85. The van der Waals surface area contributed by atoms with Crippen LogP contribution in [0.4, 0.5) is 0 Å². The number of imidazole rings is 1. The van der Waals surface area contributed by atoms with E-state index in [9.17, 15) is 9.59 Å². The normalized spacial score (nSPS) is 11.7. The van der Waals surface area contributed by atoms with Crippen molar-refractivity contribution in [3.63, 3.8) is 0 Å². The smallest absolute Gasteiger partial charge is 0.277 e. The summed E-state index contributed by atoms with van der Waals surface area (Å²) in [5, 5.41) is 17.4. The second kappa shape index (κ2) is 11.3. The molecule has 0 unspecified atom stereocenters. The van der Waals surface area contributed by atoms with E-state index in [0.29, 0.717) is 23.4 Å². The molecule has 0 bridgehead atoms. The predicted octanol–water partition coefficient (Wildman–Crippen LogP) is 4.35. The van der Waals surface area contributed by atoms with E-state index >= 15 is 0 Å². The molecule has 206 valence electrons. The van der Waals surface area contributed by atoms with Crippen LogP contribution in [0.15, 0.2) is 65.6 Å². The first-order chi connectivity index (χ1) is 19.2. The number of nitrogens with zero attached hydrogens (tertiary/aromatic N) is 6. The molecule has 2 N–H and O–H groups in total. The number of fused-ring (bicyclic) bond motifs is 1. The van der Waals surface area contributed by atoms with Crippen LogP contribution in [-0.2, 0) is 24.3 Å². The molecule has 40 heavy (non-hydrogen) atoms. The number of carbonyl (C=O) groups excluding carboxylic acids is 1. The van der Waals surface area contributed by atoms with Crippen molar-refractivity contribution in [2.24, 2.45) is 0 Å². The van der Waals surface area contributed by atoms with E-state index in [0.717, 1.165) is 47.3 Å². The molecule has 10 heteroatoms. The van der Waals surface area contributed by atoms with E-state index < -0.39 is 0 Å². The SMILES string of the molecule is CCCCc1nc2ccn(CC(=O)NC(C)(C)C)c(=O)c2n1Cc1ccc(-c2ccccc2-c2nn[nH]n2)cc1. The molecule has 0 radical (unpaired) electrons. The minimum Gasteiger partial charge on any atom is -0.350 e. The molecule has 0 saturated carbocycles. The van der Waals surface area contributed by atoms with Crippen LogP contribution in [0.3, 0.4) is 0 Å². The van der Waals surface area contributed by atoms with Crippen LogP contribution in [0.5, 0.6) is 0 Å². The standard InChI is InChI=1S/C30H34N8O2/c1-5-6-11-25-31-24-16-17-37(19-26(39)32-30(2,3)4)29(40)27(24)38(25)18-20-12-14-21(15-13-20)22-9-7-8-10-23(22)28-33-35-36-34-28/h7-10,12-17H,5-6,11,18-19H2,1-4H3,(H,32,39)(H,33,34,35,36). The number of pyridine rings is 1. The highest BCUT2D eigenvalue weighted by Crippen LogP contribution is 2.30. The predicted molar refractivity (Wildman–Crippen MR) is 155 cm³/mol. The largest absolute Gasteiger partial charge is 0.350 e. The lowest BCUT2D eigenvalue weighted by Gasteiger charge is -2.20. The second-order valence-electron chi connectivity index (χ2n) is 11.0. The molecule has 3 heterocycles. The molecule has 0 atom stereocenters. The number of hydrogen-bond acceptors (Lipinski definition) is 6. The summed E-state index contributed by atoms with van der Waals surface area (Å²) in [7, 11) is 0. The number of amides is 1. The summed E-state index contributed by atoms with van der Waals surface area (Å²) in [6, 6.07) is 18.0. The van der Waals surface area contributed by atoms with Gasteiger partial charge < -0.3 is 14.5 Å². The van der Waals surface area contributed by atoms with Crippen molar-refractivity contribution < 1.29 is 4.79 Å². The zero-order chi connectivity index (χ0) is 28.3. The summed E-state index contributed by atoms with van der Waals surface area (Å²) in [5.74, 6) is 1.21. The highest BCUT2D eigenvalue weighted by molar-refractivity contribution is 5.80. The number of nitrogens with one attached hydrogen (secondary N) is 2. The lowest BCUT2D eigenvalue weighted by atomic mass is 9.98. The average Bonchev–Trinajstić information content (AvgIpc) is 3.57. The second-order valence-corrected chi connectivity index (χ2v) is 11.0. The number of unbranched alkanes of at least 4 members (excludes halogenated alkanes) is 1.